The number of ketones is 1. The lowest BCUT2D eigenvalue weighted by Crippen LogP contribution is -2.47. The minimum absolute atomic E-state index is 0.0297. The molecular formula is C19H23NO4S. The molecule has 2 aliphatic rings. The van der Waals surface area contributed by atoms with E-state index in [-0.39, 0.29) is 18.3 Å². The van der Waals surface area contributed by atoms with Crippen molar-refractivity contribution in [1.82, 2.24) is 4.90 Å². The number of Topliss-reactive ketones (excluding diaryl/α,β-unsaturated/α-hetero) is 1. The van der Waals surface area contributed by atoms with Crippen molar-refractivity contribution < 1.29 is 19.1 Å². The van der Waals surface area contributed by atoms with Gasteiger partial charge in [-0.1, -0.05) is 51.1 Å². The molecule has 2 heterocycles. The largest absolute Gasteiger partial charge is 0.456 e. The molecule has 0 bridgehead atoms. The number of carbonyl (C=O) groups excluding carboxylic acids is 3. The number of carbonyl (C=O) groups is 3. The molecule has 2 fully saturated rings. The van der Waals surface area contributed by atoms with Gasteiger partial charge in [0, 0.05) is 17.6 Å². The van der Waals surface area contributed by atoms with Gasteiger partial charge in [0.2, 0.25) is 5.91 Å². The maximum absolute atomic E-state index is 12.6. The zero-order valence-corrected chi connectivity index (χ0v) is 15.6. The van der Waals surface area contributed by atoms with E-state index >= 15 is 0 Å². The first-order valence-corrected chi connectivity index (χ1v) is 9.46. The lowest BCUT2D eigenvalue weighted by atomic mass is 9.91. The number of ether oxygens (including phenoxy) is 1. The number of thioether (sulfide) groups is 1. The summed E-state index contributed by atoms with van der Waals surface area (Å²) in [6, 6.07) is 9.18. The lowest BCUT2D eigenvalue weighted by Gasteiger charge is -2.33. The highest BCUT2D eigenvalue weighted by atomic mass is 32.2. The van der Waals surface area contributed by atoms with E-state index in [1.165, 1.54) is 0 Å². The van der Waals surface area contributed by atoms with Crippen LogP contribution in [-0.2, 0) is 24.0 Å². The molecule has 0 unspecified atom stereocenters. The zero-order chi connectivity index (χ0) is 18.2. The second kappa shape index (κ2) is 6.48. The number of fused-ring (bicyclic) bond motifs is 1. The van der Waals surface area contributed by atoms with Crippen molar-refractivity contribution >= 4 is 29.4 Å². The molecule has 0 N–H and O–H groups in total. The van der Waals surface area contributed by atoms with Crippen LogP contribution in [0.2, 0.25) is 0 Å². The molecule has 134 valence electrons. The van der Waals surface area contributed by atoms with Gasteiger partial charge in [0.15, 0.2) is 12.4 Å². The van der Waals surface area contributed by atoms with E-state index in [1.54, 1.807) is 37.4 Å². The first-order chi connectivity index (χ1) is 11.8. The monoisotopic (exact) mass is 361 g/mol. The predicted molar refractivity (Wildman–Crippen MR) is 95.9 cm³/mol. The van der Waals surface area contributed by atoms with E-state index in [9.17, 15) is 14.4 Å². The van der Waals surface area contributed by atoms with Crippen molar-refractivity contribution in [3.05, 3.63) is 35.9 Å². The van der Waals surface area contributed by atoms with Crippen molar-refractivity contribution in [2.45, 2.75) is 44.5 Å². The topological polar surface area (TPSA) is 63.7 Å². The van der Waals surface area contributed by atoms with Crippen molar-refractivity contribution in [3.63, 3.8) is 0 Å². The van der Waals surface area contributed by atoms with E-state index in [0.717, 1.165) is 5.56 Å². The Labute approximate surface area is 152 Å². The summed E-state index contributed by atoms with van der Waals surface area (Å²) in [5.74, 6) is -0.159. The highest BCUT2D eigenvalue weighted by Gasteiger charge is 2.57. The van der Waals surface area contributed by atoms with Gasteiger partial charge in [-0.15, -0.1) is 11.8 Å². The van der Waals surface area contributed by atoms with Crippen LogP contribution in [0.15, 0.2) is 30.3 Å². The molecule has 0 aliphatic carbocycles. The molecule has 2 saturated heterocycles. The van der Waals surface area contributed by atoms with Crippen molar-refractivity contribution in [3.8, 4) is 0 Å². The lowest BCUT2D eigenvalue weighted by molar-refractivity contribution is -0.157. The van der Waals surface area contributed by atoms with E-state index in [4.69, 9.17) is 4.74 Å². The van der Waals surface area contributed by atoms with Crippen LogP contribution in [0.25, 0.3) is 0 Å². The highest BCUT2D eigenvalue weighted by molar-refractivity contribution is 8.00. The third-order valence-corrected chi connectivity index (χ3v) is 6.40. The van der Waals surface area contributed by atoms with Gasteiger partial charge in [-0.25, -0.2) is 4.79 Å². The molecule has 1 amide bonds. The molecule has 6 heteroatoms. The van der Waals surface area contributed by atoms with Crippen LogP contribution in [0.5, 0.6) is 0 Å². The fourth-order valence-corrected chi connectivity index (χ4v) is 4.90. The minimum Gasteiger partial charge on any atom is -0.456 e. The fourth-order valence-electron chi connectivity index (χ4n) is 3.27. The molecule has 0 aromatic heterocycles. The summed E-state index contributed by atoms with van der Waals surface area (Å²) >= 11 is 1.61. The van der Waals surface area contributed by atoms with Gasteiger partial charge in [0.1, 0.15) is 10.9 Å². The molecule has 0 radical (unpaired) electrons. The average Bonchev–Trinajstić information content (AvgIpc) is 3.12. The van der Waals surface area contributed by atoms with Gasteiger partial charge >= 0.3 is 5.97 Å². The Bertz CT molecular complexity index is 697. The van der Waals surface area contributed by atoms with E-state index in [2.05, 4.69) is 0 Å². The second-order valence-corrected chi connectivity index (χ2v) is 8.82. The molecule has 2 aliphatic heterocycles. The summed E-state index contributed by atoms with van der Waals surface area (Å²) in [6.07, 6.45) is 1.11. The third-order valence-electron chi connectivity index (χ3n) is 4.81. The van der Waals surface area contributed by atoms with E-state index < -0.39 is 22.3 Å². The third kappa shape index (κ3) is 3.19. The normalized spacial score (nSPS) is 25.8. The molecule has 2 atom stereocenters. The Kier molecular flexibility index (Phi) is 4.66. The van der Waals surface area contributed by atoms with Crippen LogP contribution in [0.1, 0.15) is 39.2 Å². The SMILES string of the molecule is CC(C)(C)C(=O)COC(=O)[C@H]1CS[C@@]2(c3ccccc3)CCC(=O)N12. The summed E-state index contributed by atoms with van der Waals surface area (Å²) in [5, 5.41) is 0. The predicted octanol–water partition coefficient (Wildman–Crippen LogP) is 2.74. The smallest absolute Gasteiger partial charge is 0.330 e. The van der Waals surface area contributed by atoms with Crippen LogP contribution >= 0.6 is 11.8 Å². The van der Waals surface area contributed by atoms with Gasteiger partial charge in [-0.05, 0) is 12.0 Å². The van der Waals surface area contributed by atoms with Crippen LogP contribution in [0.3, 0.4) is 0 Å². The van der Waals surface area contributed by atoms with E-state index in [1.807, 2.05) is 30.3 Å². The molecule has 0 spiro atoms. The Morgan fingerprint density at radius 2 is 1.96 bits per heavy atom. The van der Waals surface area contributed by atoms with E-state index in [0.29, 0.717) is 18.6 Å². The number of esters is 1. The van der Waals surface area contributed by atoms with Crippen molar-refractivity contribution in [1.29, 1.82) is 0 Å². The molecule has 3 rings (SSSR count). The maximum Gasteiger partial charge on any atom is 0.330 e. The maximum atomic E-state index is 12.6. The Morgan fingerprint density at radius 3 is 2.60 bits per heavy atom. The average molecular weight is 361 g/mol. The molecule has 5 nitrogen and oxygen atoms in total. The first kappa shape index (κ1) is 18.0. The number of hydrogen-bond donors (Lipinski definition) is 0. The number of benzene rings is 1. The van der Waals surface area contributed by atoms with Crippen LogP contribution in [0.4, 0.5) is 0 Å². The van der Waals surface area contributed by atoms with Crippen molar-refractivity contribution in [2.75, 3.05) is 12.4 Å². The fraction of sp³-hybridized carbons (Fsp3) is 0.526. The molecule has 1 aromatic carbocycles. The van der Waals surface area contributed by atoms with Crippen LogP contribution < -0.4 is 0 Å². The van der Waals surface area contributed by atoms with Crippen molar-refractivity contribution in [2.24, 2.45) is 5.41 Å². The summed E-state index contributed by atoms with van der Waals surface area (Å²) < 4.78 is 5.26. The Morgan fingerprint density at radius 1 is 1.28 bits per heavy atom. The van der Waals surface area contributed by atoms with Gasteiger partial charge < -0.3 is 9.64 Å². The van der Waals surface area contributed by atoms with Gasteiger partial charge in [-0.3, -0.25) is 9.59 Å². The quantitative estimate of drug-likeness (QED) is 0.772. The summed E-state index contributed by atoms with van der Waals surface area (Å²) in [4.78, 5) is 38.2. The summed E-state index contributed by atoms with van der Waals surface area (Å²) in [7, 11) is 0. The molecular weight excluding hydrogens is 338 g/mol. The summed E-state index contributed by atoms with van der Waals surface area (Å²) in [5.41, 5.74) is 0.481. The number of nitrogens with zero attached hydrogens (tertiary/aromatic N) is 1. The number of hydrogen-bond acceptors (Lipinski definition) is 5. The van der Waals surface area contributed by atoms with Crippen LogP contribution in [0, 0.1) is 5.41 Å². The standard InChI is InChI=1S/C19H23NO4S/c1-18(2,3)15(21)11-24-17(23)14-12-25-19(10-9-16(22)20(14)19)13-7-5-4-6-8-13/h4-8,14H,9-12H2,1-3H3/t14-,19-/m1/s1. The number of rotatable bonds is 4. The second-order valence-electron chi connectivity index (χ2n) is 7.52. The van der Waals surface area contributed by atoms with Gasteiger partial charge in [0.05, 0.1) is 0 Å². The minimum atomic E-state index is -0.632. The first-order valence-electron chi connectivity index (χ1n) is 8.47. The number of amides is 1. The Hall–Kier alpha value is -1.82. The van der Waals surface area contributed by atoms with Gasteiger partial charge in [0.25, 0.3) is 0 Å². The van der Waals surface area contributed by atoms with Gasteiger partial charge in [-0.2, -0.15) is 0 Å². The zero-order valence-electron chi connectivity index (χ0n) is 14.8. The molecule has 1 aromatic rings. The molecule has 25 heavy (non-hydrogen) atoms. The Balaban J connectivity index is 1.77. The van der Waals surface area contributed by atoms with Crippen LogP contribution in [-0.4, -0.2) is 41.0 Å². The molecule has 0 saturated carbocycles. The summed E-state index contributed by atoms with van der Waals surface area (Å²) in [6.45, 7) is 5.13. The highest BCUT2D eigenvalue weighted by Crippen LogP contribution is 2.54.